The van der Waals surface area contributed by atoms with E-state index in [9.17, 15) is 22.4 Å². The maximum atomic E-state index is 14.7. The molecule has 0 heterocycles. The topological polar surface area (TPSA) is 86.8 Å². The minimum Gasteiger partial charge on any atom is -0.352 e. The lowest BCUT2D eigenvalue weighted by molar-refractivity contribution is -0.139. The Labute approximate surface area is 250 Å². The van der Waals surface area contributed by atoms with Crippen LogP contribution < -0.4 is 9.62 Å². The van der Waals surface area contributed by atoms with E-state index in [4.69, 9.17) is 23.2 Å². The van der Waals surface area contributed by atoms with Crippen molar-refractivity contribution in [3.8, 4) is 0 Å². The zero-order chi connectivity index (χ0) is 29.7. The van der Waals surface area contributed by atoms with Crippen LogP contribution in [0, 0.1) is 12.7 Å². The number of nitrogens with zero attached hydrogens (tertiary/aromatic N) is 2. The highest BCUT2D eigenvalue weighted by Gasteiger charge is 2.34. The molecule has 0 unspecified atom stereocenters. The van der Waals surface area contributed by atoms with Crippen molar-refractivity contribution in [2.75, 3.05) is 10.8 Å². The zero-order valence-corrected chi connectivity index (χ0v) is 25.1. The van der Waals surface area contributed by atoms with E-state index in [1.165, 1.54) is 53.4 Å². The SMILES string of the molecule is Cc1ccc(S(=O)(=O)N(CC(=O)N(Cc2ccccc2F)[C@@H](C)C(=O)NC2CCCC2)c2cc(Cl)ccc2Cl)cc1. The number of carbonyl (C=O) groups is 2. The van der Waals surface area contributed by atoms with Gasteiger partial charge in [0.2, 0.25) is 11.8 Å². The Bertz CT molecular complexity index is 1510. The minimum atomic E-state index is -4.32. The molecular formula is C30H32Cl2FN3O4S. The first kappa shape index (κ1) is 30.8. The summed E-state index contributed by atoms with van der Waals surface area (Å²) in [5.74, 6) is -1.65. The number of aryl methyl sites for hydroxylation is 1. The van der Waals surface area contributed by atoms with Crippen molar-refractivity contribution in [3.05, 3.63) is 93.7 Å². The summed E-state index contributed by atoms with van der Waals surface area (Å²) in [4.78, 5) is 28.4. The molecule has 7 nitrogen and oxygen atoms in total. The van der Waals surface area contributed by atoms with Crippen LogP contribution in [-0.2, 0) is 26.2 Å². The van der Waals surface area contributed by atoms with Crippen molar-refractivity contribution in [1.82, 2.24) is 10.2 Å². The average Bonchev–Trinajstić information content (AvgIpc) is 3.45. The van der Waals surface area contributed by atoms with Crippen LogP contribution in [0.5, 0.6) is 0 Å². The zero-order valence-electron chi connectivity index (χ0n) is 22.8. The second-order valence-electron chi connectivity index (χ2n) is 10.2. The first-order valence-electron chi connectivity index (χ1n) is 13.3. The number of halogens is 3. The van der Waals surface area contributed by atoms with E-state index >= 15 is 0 Å². The van der Waals surface area contributed by atoms with Gasteiger partial charge in [-0.15, -0.1) is 0 Å². The second kappa shape index (κ2) is 13.2. The van der Waals surface area contributed by atoms with Crippen molar-refractivity contribution in [2.45, 2.75) is 63.1 Å². The summed E-state index contributed by atoms with van der Waals surface area (Å²) in [5, 5.41) is 3.26. The molecule has 0 aliphatic heterocycles. The number of benzene rings is 3. The number of nitrogens with one attached hydrogen (secondary N) is 1. The van der Waals surface area contributed by atoms with Gasteiger partial charge in [-0.1, -0.05) is 71.9 Å². The highest BCUT2D eigenvalue weighted by molar-refractivity contribution is 7.92. The number of hydrogen-bond donors (Lipinski definition) is 1. The predicted octanol–water partition coefficient (Wildman–Crippen LogP) is 6.11. The Morgan fingerprint density at radius 1 is 1.02 bits per heavy atom. The third-order valence-electron chi connectivity index (χ3n) is 7.23. The Morgan fingerprint density at radius 3 is 2.34 bits per heavy atom. The summed E-state index contributed by atoms with van der Waals surface area (Å²) >= 11 is 12.6. The van der Waals surface area contributed by atoms with E-state index in [1.807, 2.05) is 6.92 Å². The molecule has 0 radical (unpaired) electrons. The molecule has 3 aromatic carbocycles. The highest BCUT2D eigenvalue weighted by atomic mass is 35.5. The molecule has 218 valence electrons. The normalized spacial score (nSPS) is 14.5. The summed E-state index contributed by atoms with van der Waals surface area (Å²) in [6, 6.07) is 15.4. The van der Waals surface area contributed by atoms with E-state index in [1.54, 1.807) is 25.1 Å². The van der Waals surface area contributed by atoms with Gasteiger partial charge in [-0.25, -0.2) is 12.8 Å². The fraction of sp³-hybridized carbons (Fsp3) is 0.333. The summed E-state index contributed by atoms with van der Waals surface area (Å²) in [6.45, 7) is 2.43. The molecule has 1 aliphatic rings. The van der Waals surface area contributed by atoms with Crippen LogP contribution in [0.4, 0.5) is 10.1 Å². The maximum Gasteiger partial charge on any atom is 0.264 e. The van der Waals surface area contributed by atoms with E-state index in [0.717, 1.165) is 35.6 Å². The van der Waals surface area contributed by atoms with E-state index in [2.05, 4.69) is 5.32 Å². The predicted molar refractivity (Wildman–Crippen MR) is 159 cm³/mol. The van der Waals surface area contributed by atoms with Crippen LogP contribution >= 0.6 is 23.2 Å². The van der Waals surface area contributed by atoms with Gasteiger partial charge in [0.25, 0.3) is 10.0 Å². The van der Waals surface area contributed by atoms with Crippen molar-refractivity contribution in [3.63, 3.8) is 0 Å². The van der Waals surface area contributed by atoms with Crippen LogP contribution in [0.3, 0.4) is 0 Å². The van der Waals surface area contributed by atoms with Gasteiger partial charge in [-0.3, -0.25) is 13.9 Å². The van der Waals surface area contributed by atoms with E-state index < -0.39 is 40.2 Å². The average molecular weight is 621 g/mol. The van der Waals surface area contributed by atoms with E-state index in [0.29, 0.717) is 0 Å². The highest BCUT2D eigenvalue weighted by Crippen LogP contribution is 2.33. The van der Waals surface area contributed by atoms with Crippen LogP contribution in [0.2, 0.25) is 10.0 Å². The minimum absolute atomic E-state index is 0.000885. The van der Waals surface area contributed by atoms with Gasteiger partial charge in [-0.05, 0) is 63.1 Å². The maximum absolute atomic E-state index is 14.7. The van der Waals surface area contributed by atoms with Crippen molar-refractivity contribution in [1.29, 1.82) is 0 Å². The van der Waals surface area contributed by atoms with Crippen molar-refractivity contribution < 1.29 is 22.4 Å². The summed E-state index contributed by atoms with van der Waals surface area (Å²) in [6.07, 6.45) is 3.69. The molecule has 2 amide bonds. The largest absolute Gasteiger partial charge is 0.352 e. The number of rotatable bonds is 10. The van der Waals surface area contributed by atoms with Crippen LogP contribution in [-0.4, -0.2) is 43.8 Å². The van der Waals surface area contributed by atoms with Gasteiger partial charge in [0.15, 0.2) is 0 Å². The molecule has 1 saturated carbocycles. The molecule has 0 saturated heterocycles. The van der Waals surface area contributed by atoms with Gasteiger partial charge in [-0.2, -0.15) is 0 Å². The second-order valence-corrected chi connectivity index (χ2v) is 12.9. The van der Waals surface area contributed by atoms with Gasteiger partial charge in [0.05, 0.1) is 15.6 Å². The summed E-state index contributed by atoms with van der Waals surface area (Å²) in [7, 11) is -4.32. The Kier molecular flexibility index (Phi) is 9.94. The fourth-order valence-electron chi connectivity index (χ4n) is 4.81. The Morgan fingerprint density at radius 2 is 1.68 bits per heavy atom. The van der Waals surface area contributed by atoms with Gasteiger partial charge >= 0.3 is 0 Å². The molecule has 11 heteroatoms. The molecule has 1 N–H and O–H groups in total. The van der Waals surface area contributed by atoms with Crippen molar-refractivity contribution >= 4 is 50.7 Å². The molecule has 3 aromatic rings. The van der Waals surface area contributed by atoms with E-state index in [-0.39, 0.29) is 38.8 Å². The van der Waals surface area contributed by atoms with Gasteiger partial charge in [0.1, 0.15) is 18.4 Å². The summed E-state index contributed by atoms with van der Waals surface area (Å²) in [5.41, 5.74) is 1.04. The molecular weight excluding hydrogens is 588 g/mol. The molecule has 1 aliphatic carbocycles. The molecule has 1 atom stereocenters. The third-order valence-corrected chi connectivity index (χ3v) is 9.56. The smallest absolute Gasteiger partial charge is 0.264 e. The van der Waals surface area contributed by atoms with Crippen LogP contribution in [0.25, 0.3) is 0 Å². The standard InChI is InChI=1S/C30H32Cl2FN3O4S/c1-20-11-14-25(15-12-20)41(39,40)36(28-17-23(31)13-16-26(28)32)19-29(37)35(18-22-7-3-6-10-27(22)33)21(2)30(38)34-24-8-4-5-9-24/h3,6-7,10-17,21,24H,4-5,8-9,18-19H2,1-2H3,(H,34,38)/t21-/m0/s1. The van der Waals surface area contributed by atoms with Crippen LogP contribution in [0.15, 0.2) is 71.6 Å². The Balaban J connectivity index is 1.73. The molecule has 0 spiro atoms. The van der Waals surface area contributed by atoms with Gasteiger partial charge in [0, 0.05) is 23.2 Å². The quantitative estimate of drug-likeness (QED) is 0.296. The lowest BCUT2D eigenvalue weighted by atomic mass is 10.1. The molecule has 1 fully saturated rings. The monoisotopic (exact) mass is 619 g/mol. The first-order chi connectivity index (χ1) is 19.5. The first-order valence-corrected chi connectivity index (χ1v) is 15.5. The Hall–Kier alpha value is -3.14. The lowest BCUT2D eigenvalue weighted by Gasteiger charge is -2.32. The molecule has 0 aromatic heterocycles. The van der Waals surface area contributed by atoms with Crippen molar-refractivity contribution in [2.24, 2.45) is 0 Å². The summed E-state index contributed by atoms with van der Waals surface area (Å²) < 4.78 is 43.4. The van der Waals surface area contributed by atoms with Gasteiger partial charge < -0.3 is 10.2 Å². The number of sulfonamides is 1. The number of anilines is 1. The molecule has 4 rings (SSSR count). The van der Waals surface area contributed by atoms with Crippen LogP contribution in [0.1, 0.15) is 43.7 Å². The molecule has 0 bridgehead atoms. The third kappa shape index (κ3) is 7.39. The molecule has 41 heavy (non-hydrogen) atoms. The number of carbonyl (C=O) groups excluding carboxylic acids is 2. The lowest BCUT2D eigenvalue weighted by Crippen LogP contribution is -2.52. The number of hydrogen-bond acceptors (Lipinski definition) is 4. The fourth-order valence-corrected chi connectivity index (χ4v) is 6.67. The number of amides is 2.